The van der Waals surface area contributed by atoms with E-state index < -0.39 is 0 Å². The average molecular weight is 403 g/mol. The summed E-state index contributed by atoms with van der Waals surface area (Å²) in [5, 5.41) is 6.70. The summed E-state index contributed by atoms with van der Waals surface area (Å²) in [4.78, 5) is 4.62. The molecule has 0 unspecified atom stereocenters. The zero-order valence-electron chi connectivity index (χ0n) is 13.1. The molecule has 0 saturated heterocycles. The molecule has 0 radical (unpaired) electrons. The second-order valence-electron chi connectivity index (χ2n) is 5.43. The lowest BCUT2D eigenvalue weighted by Crippen LogP contribution is -2.38. The molecule has 1 saturated carbocycles. The van der Waals surface area contributed by atoms with Gasteiger partial charge in [-0.25, -0.2) is 4.99 Å². The Labute approximate surface area is 144 Å². The third kappa shape index (κ3) is 7.02. The molecule has 1 aromatic carbocycles. The molecular formula is C16H26IN3O. The number of nitrogens with one attached hydrogen (secondary N) is 2. The number of ether oxygens (including phenoxy) is 1. The van der Waals surface area contributed by atoms with Gasteiger partial charge in [0.15, 0.2) is 5.96 Å². The van der Waals surface area contributed by atoms with Gasteiger partial charge in [0.2, 0.25) is 0 Å². The summed E-state index contributed by atoms with van der Waals surface area (Å²) in [5.41, 5.74) is 1.16. The number of halogens is 1. The topological polar surface area (TPSA) is 45.7 Å². The quantitative estimate of drug-likeness (QED) is 0.435. The van der Waals surface area contributed by atoms with Crippen molar-refractivity contribution in [1.29, 1.82) is 0 Å². The molecule has 0 amide bonds. The van der Waals surface area contributed by atoms with Crippen LogP contribution in [0.3, 0.4) is 0 Å². The van der Waals surface area contributed by atoms with Gasteiger partial charge in [0, 0.05) is 12.6 Å². The van der Waals surface area contributed by atoms with Gasteiger partial charge in [-0.1, -0.05) is 12.1 Å². The van der Waals surface area contributed by atoms with Crippen molar-refractivity contribution in [3.8, 4) is 5.75 Å². The van der Waals surface area contributed by atoms with Crippen LogP contribution in [0.5, 0.6) is 5.75 Å². The monoisotopic (exact) mass is 403 g/mol. The first-order chi connectivity index (χ1) is 9.67. The molecule has 1 aromatic rings. The summed E-state index contributed by atoms with van der Waals surface area (Å²) >= 11 is 0. The van der Waals surface area contributed by atoms with Crippen LogP contribution in [0.1, 0.15) is 39.2 Å². The summed E-state index contributed by atoms with van der Waals surface area (Å²) < 4.78 is 5.70. The average Bonchev–Trinajstić information content (AvgIpc) is 3.20. The predicted molar refractivity (Wildman–Crippen MR) is 98.6 cm³/mol. The van der Waals surface area contributed by atoms with E-state index >= 15 is 0 Å². The number of nitrogens with zero attached hydrogens (tertiary/aromatic N) is 1. The summed E-state index contributed by atoms with van der Waals surface area (Å²) in [6.45, 7) is 7.70. The Morgan fingerprint density at radius 1 is 1.38 bits per heavy atom. The zero-order chi connectivity index (χ0) is 14.4. The first kappa shape index (κ1) is 18.1. The lowest BCUT2D eigenvalue weighted by molar-refractivity contribution is 0.242. The number of aliphatic imine (C=N–C) groups is 1. The lowest BCUT2D eigenvalue weighted by Gasteiger charge is -2.12. The fourth-order valence-electron chi connectivity index (χ4n) is 1.90. The predicted octanol–water partition coefficient (Wildman–Crippen LogP) is 3.31. The van der Waals surface area contributed by atoms with E-state index in [0.717, 1.165) is 23.8 Å². The van der Waals surface area contributed by atoms with Crippen molar-refractivity contribution in [3.63, 3.8) is 0 Å². The maximum absolute atomic E-state index is 5.70. The van der Waals surface area contributed by atoms with Gasteiger partial charge in [0.25, 0.3) is 0 Å². The van der Waals surface area contributed by atoms with E-state index in [9.17, 15) is 0 Å². The van der Waals surface area contributed by atoms with Crippen LogP contribution in [0.2, 0.25) is 0 Å². The number of hydrogen-bond donors (Lipinski definition) is 2. The van der Waals surface area contributed by atoms with Crippen LogP contribution in [-0.4, -0.2) is 24.7 Å². The molecule has 0 atom stereocenters. The minimum Gasteiger partial charge on any atom is -0.491 e. The van der Waals surface area contributed by atoms with Gasteiger partial charge in [0.1, 0.15) is 5.75 Å². The van der Waals surface area contributed by atoms with Crippen molar-refractivity contribution in [1.82, 2.24) is 10.6 Å². The summed E-state index contributed by atoms with van der Waals surface area (Å²) in [6, 6.07) is 8.76. The fourth-order valence-corrected chi connectivity index (χ4v) is 1.90. The minimum absolute atomic E-state index is 0. The second-order valence-corrected chi connectivity index (χ2v) is 5.43. The molecule has 0 spiro atoms. The van der Waals surface area contributed by atoms with E-state index in [1.165, 1.54) is 12.8 Å². The fraction of sp³-hybridized carbons (Fsp3) is 0.562. The van der Waals surface area contributed by atoms with Crippen LogP contribution in [0, 0.1) is 0 Å². The van der Waals surface area contributed by atoms with E-state index in [1.807, 2.05) is 26.0 Å². The minimum atomic E-state index is 0. The maximum Gasteiger partial charge on any atom is 0.191 e. The van der Waals surface area contributed by atoms with Gasteiger partial charge in [-0.05, 0) is 51.3 Å². The number of rotatable bonds is 6. The van der Waals surface area contributed by atoms with Gasteiger partial charge in [-0.15, -0.1) is 24.0 Å². The highest BCUT2D eigenvalue weighted by atomic mass is 127. The number of hydrogen-bond acceptors (Lipinski definition) is 2. The molecule has 1 aliphatic rings. The van der Waals surface area contributed by atoms with Gasteiger partial charge in [-0.2, -0.15) is 0 Å². The molecule has 0 aromatic heterocycles. The van der Waals surface area contributed by atoms with E-state index in [2.05, 4.69) is 34.7 Å². The third-order valence-electron chi connectivity index (χ3n) is 2.95. The van der Waals surface area contributed by atoms with Crippen LogP contribution in [0.4, 0.5) is 0 Å². The Kier molecular flexibility index (Phi) is 7.85. The highest BCUT2D eigenvalue weighted by Crippen LogP contribution is 2.18. The van der Waals surface area contributed by atoms with Gasteiger partial charge in [-0.3, -0.25) is 0 Å². The summed E-state index contributed by atoms with van der Waals surface area (Å²) in [6.07, 6.45) is 2.70. The standard InChI is InChI=1S/C16H25N3O.HI/c1-4-17-16(19-14-8-9-14)18-11-13-6-5-7-15(10-13)20-12(2)3;/h5-7,10,12,14H,4,8-9,11H2,1-3H3,(H2,17,18,19);1H. The van der Waals surface area contributed by atoms with Gasteiger partial charge in [0.05, 0.1) is 12.6 Å². The number of guanidine groups is 1. The van der Waals surface area contributed by atoms with E-state index in [0.29, 0.717) is 12.6 Å². The largest absolute Gasteiger partial charge is 0.491 e. The Balaban J connectivity index is 0.00000220. The molecular weight excluding hydrogens is 377 g/mol. The molecule has 5 heteroatoms. The zero-order valence-corrected chi connectivity index (χ0v) is 15.4. The van der Waals surface area contributed by atoms with Crippen LogP contribution < -0.4 is 15.4 Å². The highest BCUT2D eigenvalue weighted by Gasteiger charge is 2.21. The summed E-state index contributed by atoms with van der Waals surface area (Å²) in [5.74, 6) is 1.82. The van der Waals surface area contributed by atoms with E-state index in [4.69, 9.17) is 4.74 Å². The van der Waals surface area contributed by atoms with Crippen molar-refractivity contribution in [2.24, 2.45) is 4.99 Å². The Morgan fingerprint density at radius 2 is 2.14 bits per heavy atom. The molecule has 1 fully saturated rings. The molecule has 1 aliphatic carbocycles. The lowest BCUT2D eigenvalue weighted by atomic mass is 10.2. The third-order valence-corrected chi connectivity index (χ3v) is 2.95. The van der Waals surface area contributed by atoms with Crippen molar-refractivity contribution in [2.45, 2.75) is 52.3 Å². The first-order valence-corrected chi connectivity index (χ1v) is 7.48. The van der Waals surface area contributed by atoms with E-state index in [1.54, 1.807) is 0 Å². The van der Waals surface area contributed by atoms with Crippen molar-refractivity contribution < 1.29 is 4.74 Å². The number of benzene rings is 1. The van der Waals surface area contributed by atoms with Crippen LogP contribution in [-0.2, 0) is 6.54 Å². The molecule has 2 N–H and O–H groups in total. The maximum atomic E-state index is 5.70. The summed E-state index contributed by atoms with van der Waals surface area (Å²) in [7, 11) is 0. The van der Waals surface area contributed by atoms with Gasteiger partial charge < -0.3 is 15.4 Å². The Hall–Kier alpha value is -0.980. The molecule has 0 heterocycles. The van der Waals surface area contributed by atoms with Crippen LogP contribution in [0.15, 0.2) is 29.3 Å². The second kappa shape index (κ2) is 9.12. The van der Waals surface area contributed by atoms with Gasteiger partial charge >= 0.3 is 0 Å². The Morgan fingerprint density at radius 3 is 2.76 bits per heavy atom. The van der Waals surface area contributed by atoms with Crippen molar-refractivity contribution in [3.05, 3.63) is 29.8 Å². The smallest absolute Gasteiger partial charge is 0.191 e. The Bertz CT molecular complexity index is 459. The van der Waals surface area contributed by atoms with Crippen LogP contribution >= 0.6 is 24.0 Å². The molecule has 2 rings (SSSR count). The normalized spacial score (nSPS) is 14.6. The molecule has 118 valence electrons. The molecule has 4 nitrogen and oxygen atoms in total. The van der Waals surface area contributed by atoms with Crippen LogP contribution in [0.25, 0.3) is 0 Å². The molecule has 21 heavy (non-hydrogen) atoms. The molecule has 0 aliphatic heterocycles. The first-order valence-electron chi connectivity index (χ1n) is 7.48. The van der Waals surface area contributed by atoms with Crippen molar-refractivity contribution in [2.75, 3.05) is 6.54 Å². The molecule has 0 bridgehead atoms. The highest BCUT2D eigenvalue weighted by molar-refractivity contribution is 14.0. The van der Waals surface area contributed by atoms with E-state index in [-0.39, 0.29) is 30.1 Å². The van der Waals surface area contributed by atoms with Crippen molar-refractivity contribution >= 4 is 29.9 Å². The SMILES string of the molecule is CCNC(=NCc1cccc(OC(C)C)c1)NC1CC1.I.